The molecule has 4 rings (SSSR count). The smallest absolute Gasteiger partial charge is 0.410 e. The normalized spacial score (nSPS) is 23.2. The summed E-state index contributed by atoms with van der Waals surface area (Å²) in [6, 6.07) is 2.97. The Labute approximate surface area is 303 Å². The summed E-state index contributed by atoms with van der Waals surface area (Å²) in [6.45, 7) is 22.2. The van der Waals surface area contributed by atoms with Gasteiger partial charge in [-0.2, -0.15) is 4.98 Å². The number of rotatable bonds is 15. The number of aromatic amines is 1. The number of imidazole rings is 1. The molecule has 4 N–H and O–H groups in total. The number of nitrogen functional groups attached to an aromatic ring is 1. The number of ether oxygens (including phenoxy) is 2. The van der Waals surface area contributed by atoms with Crippen molar-refractivity contribution < 1.29 is 27.2 Å². The number of hydrogen-bond acceptors (Lipinski definition) is 11. The van der Waals surface area contributed by atoms with E-state index in [1.54, 1.807) is 14.1 Å². The summed E-state index contributed by atoms with van der Waals surface area (Å²) in [5.41, 5.74) is 4.84. The Kier molecular flexibility index (Phi) is 13.6. The number of anilines is 1. The van der Waals surface area contributed by atoms with Crippen molar-refractivity contribution in [3.05, 3.63) is 33.5 Å². The van der Waals surface area contributed by atoms with E-state index in [4.69, 9.17) is 28.2 Å². The van der Waals surface area contributed by atoms with Gasteiger partial charge < -0.3 is 38.4 Å². The lowest BCUT2D eigenvalue weighted by molar-refractivity contribution is -0.0593. The molecule has 0 spiro atoms. The van der Waals surface area contributed by atoms with E-state index in [1.807, 2.05) is 0 Å². The predicted molar refractivity (Wildman–Crippen MR) is 202 cm³/mol. The average Bonchev–Trinajstić information content (AvgIpc) is 3.45. The first-order chi connectivity index (χ1) is 23.9. The summed E-state index contributed by atoms with van der Waals surface area (Å²) >= 11 is 0. The Balaban J connectivity index is 1.96. The molecule has 4 atom stereocenters. The van der Waals surface area contributed by atoms with Gasteiger partial charge in [-0.25, -0.2) is 14.2 Å². The van der Waals surface area contributed by atoms with Crippen molar-refractivity contribution in [1.29, 1.82) is 0 Å². The topological polar surface area (TPSA) is 177 Å². The third kappa shape index (κ3) is 9.41. The van der Waals surface area contributed by atoms with E-state index in [0.29, 0.717) is 37.0 Å². The van der Waals surface area contributed by atoms with Crippen molar-refractivity contribution in [2.45, 2.75) is 111 Å². The largest absolute Gasteiger partial charge is 0.438 e. The molecule has 4 heterocycles. The van der Waals surface area contributed by atoms with E-state index in [0.717, 1.165) is 12.1 Å². The van der Waals surface area contributed by atoms with E-state index in [1.165, 1.54) is 20.1 Å². The van der Waals surface area contributed by atoms with E-state index in [-0.39, 0.29) is 42.1 Å². The van der Waals surface area contributed by atoms with Crippen molar-refractivity contribution in [2.24, 2.45) is 23.7 Å². The second-order valence-corrected chi connectivity index (χ2v) is 22.4. The summed E-state index contributed by atoms with van der Waals surface area (Å²) in [5.74, 6) is 0.941. The molecule has 0 saturated carbocycles. The van der Waals surface area contributed by atoms with Crippen LogP contribution in [-0.4, -0.2) is 99.3 Å². The first-order valence-corrected chi connectivity index (χ1v) is 22.8. The van der Waals surface area contributed by atoms with Crippen LogP contribution >= 0.6 is 0 Å². The number of H-pyrrole nitrogens is 1. The van der Waals surface area contributed by atoms with Crippen molar-refractivity contribution in [3.63, 3.8) is 0 Å². The molecule has 51 heavy (non-hydrogen) atoms. The van der Waals surface area contributed by atoms with Gasteiger partial charge in [-0.15, -0.1) is 6.58 Å². The molecule has 0 aliphatic carbocycles. The van der Waals surface area contributed by atoms with Crippen LogP contribution in [0.5, 0.6) is 0 Å². The zero-order valence-corrected chi connectivity index (χ0v) is 34.2. The van der Waals surface area contributed by atoms with Crippen LogP contribution in [0.3, 0.4) is 0 Å². The number of nitrogens with zero attached hydrogens (tertiary/aromatic N) is 4. The third-order valence-corrected chi connectivity index (χ3v) is 19.2. The molecular weight excluding hydrogens is 691 g/mol. The summed E-state index contributed by atoms with van der Waals surface area (Å²) < 4.78 is 37.6. The lowest BCUT2D eigenvalue weighted by atomic mass is 10.1. The fraction of sp³-hybridized carbons (Fsp3) is 0.765. The van der Waals surface area contributed by atoms with Gasteiger partial charge in [0.15, 0.2) is 23.5 Å². The molecule has 2 aromatic rings. The summed E-state index contributed by atoms with van der Waals surface area (Å²) in [6.07, 6.45) is -3.05. The first kappa shape index (κ1) is 41.0. The predicted octanol–water partition coefficient (Wildman–Crippen LogP) is 4.15. The molecule has 288 valence electrons. The van der Waals surface area contributed by atoms with Crippen molar-refractivity contribution in [2.75, 3.05) is 39.5 Å². The van der Waals surface area contributed by atoms with Gasteiger partial charge in [-0.1, -0.05) is 61.5 Å². The van der Waals surface area contributed by atoms with Crippen LogP contribution < -0.4 is 22.3 Å². The molecule has 1 amide bonds. The van der Waals surface area contributed by atoms with Gasteiger partial charge >= 0.3 is 28.9 Å². The Morgan fingerprint density at radius 1 is 1.08 bits per heavy atom. The molecule has 17 heteroatoms. The Hall–Kier alpha value is -2.81. The molecule has 2 aliphatic rings. The van der Waals surface area contributed by atoms with Gasteiger partial charge in [0.25, 0.3) is 5.56 Å². The molecule has 2 aromatic heterocycles. The van der Waals surface area contributed by atoms with Crippen LogP contribution in [0.2, 0.25) is 24.2 Å². The van der Waals surface area contributed by atoms with Gasteiger partial charge in [-0.3, -0.25) is 14.3 Å². The Bertz CT molecular complexity index is 1600. The van der Waals surface area contributed by atoms with Gasteiger partial charge in [0, 0.05) is 26.7 Å². The maximum atomic E-state index is 14.3. The highest BCUT2D eigenvalue weighted by atomic mass is 28.5. The molecule has 0 radical (unpaired) electrons. The summed E-state index contributed by atoms with van der Waals surface area (Å²) in [5, 5.41) is 3.05. The molecule has 2 aliphatic heterocycles. The lowest BCUT2D eigenvalue weighted by Gasteiger charge is -2.47. The van der Waals surface area contributed by atoms with Crippen LogP contribution in [0.4, 0.5) is 10.7 Å². The number of fused-ring (bicyclic) bond motifs is 2. The van der Waals surface area contributed by atoms with Crippen LogP contribution in [-0.2, 0) is 29.0 Å². The summed E-state index contributed by atoms with van der Waals surface area (Å²) in [4.78, 5) is 49.6. The van der Waals surface area contributed by atoms with E-state index >= 15 is 0 Å². The Morgan fingerprint density at radius 2 is 1.67 bits per heavy atom. The van der Waals surface area contributed by atoms with Gasteiger partial charge in [0.2, 0.25) is 5.95 Å². The Morgan fingerprint density at radius 3 is 2.22 bits per heavy atom. The number of allylic oxidation sites excluding steroid dienone is 1. The molecule has 0 unspecified atom stereocenters. The van der Waals surface area contributed by atoms with Crippen LogP contribution in [0, 0.1) is 23.7 Å². The highest BCUT2D eigenvalue weighted by molar-refractivity contribution is 6.81. The minimum absolute atomic E-state index is 0.000309. The average molecular weight is 752 g/mol. The molecular formula is C34H61N7O8Si2. The maximum absolute atomic E-state index is 14.3. The highest BCUT2D eigenvalue weighted by Gasteiger charge is 2.59. The van der Waals surface area contributed by atoms with E-state index < -0.39 is 59.0 Å². The monoisotopic (exact) mass is 751 g/mol. The molecule has 15 nitrogen and oxygen atoms in total. The number of aromatic nitrogens is 4. The molecule has 0 bridgehead atoms. The number of hydrogen-bond donors (Lipinski definition) is 3. The number of carbonyl (C=O) groups excluding carboxylic acids is 1. The lowest BCUT2D eigenvalue weighted by Crippen LogP contribution is -2.63. The second-order valence-electron chi connectivity index (χ2n) is 15.8. The van der Waals surface area contributed by atoms with Gasteiger partial charge in [0.1, 0.15) is 12.2 Å². The van der Waals surface area contributed by atoms with E-state index in [2.05, 4.69) is 77.3 Å². The fourth-order valence-electron chi connectivity index (χ4n) is 7.53. The van der Waals surface area contributed by atoms with Crippen molar-refractivity contribution in [3.8, 4) is 0 Å². The zero-order valence-electron chi connectivity index (χ0n) is 32.2. The van der Waals surface area contributed by atoms with Gasteiger partial charge in [0.05, 0.1) is 6.61 Å². The maximum Gasteiger partial charge on any atom is 0.410 e. The molecule has 0 aromatic carbocycles. The highest BCUT2D eigenvalue weighted by Crippen LogP contribution is 2.44. The first-order valence-electron chi connectivity index (χ1n) is 18.3. The molecule has 2 saturated heterocycles. The van der Waals surface area contributed by atoms with Crippen LogP contribution in [0.25, 0.3) is 11.2 Å². The second kappa shape index (κ2) is 16.9. The zero-order chi connectivity index (χ0) is 37.8. The number of likely N-dealkylation sites (N-methyl/N-ethyl adjacent to an activating group) is 2. The van der Waals surface area contributed by atoms with E-state index in [9.17, 15) is 14.4 Å². The summed E-state index contributed by atoms with van der Waals surface area (Å²) in [7, 11) is -2.63. The van der Waals surface area contributed by atoms with Crippen molar-refractivity contribution >= 4 is 40.3 Å². The number of nitrogens with two attached hydrogens (primary N) is 1. The number of carbonyl (C=O) groups is 1. The minimum atomic E-state index is -3.17. The molecule has 2 fully saturated rings. The fourth-order valence-corrected chi connectivity index (χ4v) is 19.0. The minimum Gasteiger partial charge on any atom is -0.438 e. The van der Waals surface area contributed by atoms with Crippen LogP contribution in [0.15, 0.2) is 22.2 Å². The number of amides is 1. The third-order valence-electron chi connectivity index (χ3n) is 9.04. The van der Waals surface area contributed by atoms with Crippen molar-refractivity contribution in [1.82, 2.24) is 29.3 Å². The standard InChI is InChI=1S/C34H61N7O8Si2/c1-12-14-40-26-29(37-32(35)38-30(26)42)41(33(40)43)31-28(47-34(44)39(11)15-13-36-10)27-25(46-31)16-45-50(17-21(2)3,18-22(4)5)49-51(48-27,19-23(6)7)20-24(8)9/h12,21-25,27-28,31,36H,1,13-20H2,2-11H3,(H3,35,37,38,42)/t25-,27-,28-,31-/m1/s1. The SMILES string of the molecule is C=CCn1c(=O)n([C@@H]2O[C@@H]3CO[Si](CC(C)C)(CC(C)C)O[Si](CC(C)C)(CC(C)C)O[C@H]3[C@H]2OC(=O)N(C)CCNC)c2nc(N)[nH]c(=O)c21. The number of nitrogens with one attached hydrogen (secondary N) is 2. The van der Waals surface area contributed by atoms with Crippen LogP contribution in [0.1, 0.15) is 61.6 Å². The van der Waals surface area contributed by atoms with Gasteiger partial charge in [-0.05, 0) is 54.9 Å². The quantitative estimate of drug-likeness (QED) is 0.176.